The van der Waals surface area contributed by atoms with E-state index in [-0.39, 0.29) is 5.91 Å². The Kier molecular flexibility index (Phi) is 4.85. The fourth-order valence-corrected chi connectivity index (χ4v) is 2.28. The molecule has 6 heteroatoms. The summed E-state index contributed by atoms with van der Waals surface area (Å²) in [7, 11) is 0. The molecule has 0 saturated carbocycles. The molecule has 0 radical (unpaired) electrons. The normalized spacial score (nSPS) is 10.2. The van der Waals surface area contributed by atoms with Gasteiger partial charge in [-0.3, -0.25) is 4.79 Å². The largest absolute Gasteiger partial charge is 0.369 e. The summed E-state index contributed by atoms with van der Waals surface area (Å²) in [5.74, 6) is 0.489. The smallest absolute Gasteiger partial charge is 0.271 e. The number of thiophene rings is 1. The molecule has 0 saturated heterocycles. The molecule has 0 aliphatic heterocycles. The Morgan fingerprint density at radius 3 is 2.84 bits per heavy atom. The Labute approximate surface area is 116 Å². The lowest BCUT2D eigenvalue weighted by atomic mass is 10.2. The van der Waals surface area contributed by atoms with Crippen LogP contribution in [0, 0.1) is 0 Å². The summed E-state index contributed by atoms with van der Waals surface area (Å²) in [5.41, 5.74) is 1.57. The topological polar surface area (TPSA) is 66.9 Å². The van der Waals surface area contributed by atoms with Gasteiger partial charge in [0.25, 0.3) is 5.91 Å². The number of nitrogens with zero attached hydrogens (tertiary/aromatic N) is 2. The van der Waals surface area contributed by atoms with Gasteiger partial charge in [-0.15, -0.1) is 10.2 Å². The average Bonchev–Trinajstić information content (AvgIpc) is 2.93. The van der Waals surface area contributed by atoms with Crippen molar-refractivity contribution in [2.75, 3.05) is 18.4 Å². The van der Waals surface area contributed by atoms with Gasteiger partial charge in [0, 0.05) is 13.1 Å². The van der Waals surface area contributed by atoms with Crippen LogP contribution in [0.5, 0.6) is 0 Å². The number of carbonyl (C=O) groups is 1. The summed E-state index contributed by atoms with van der Waals surface area (Å²) in [6.07, 6.45) is 0.831. The molecule has 100 valence electrons. The number of rotatable bonds is 6. The highest BCUT2D eigenvalue weighted by Crippen LogP contribution is 2.06. The summed E-state index contributed by atoms with van der Waals surface area (Å²) < 4.78 is 0. The predicted molar refractivity (Wildman–Crippen MR) is 76.6 cm³/mol. The van der Waals surface area contributed by atoms with E-state index in [1.54, 1.807) is 23.5 Å². The van der Waals surface area contributed by atoms with Gasteiger partial charge in [-0.25, -0.2) is 0 Å². The summed E-state index contributed by atoms with van der Waals surface area (Å²) in [6, 6.07) is 5.48. The zero-order valence-corrected chi connectivity index (χ0v) is 11.5. The number of carbonyl (C=O) groups excluding carboxylic acids is 1. The molecule has 2 N–H and O–H groups in total. The van der Waals surface area contributed by atoms with E-state index in [1.807, 2.05) is 12.3 Å². The second-order valence-electron chi connectivity index (χ2n) is 3.97. The van der Waals surface area contributed by atoms with Crippen molar-refractivity contribution in [3.8, 4) is 0 Å². The van der Waals surface area contributed by atoms with Gasteiger partial charge in [-0.1, -0.05) is 0 Å². The second-order valence-corrected chi connectivity index (χ2v) is 4.75. The Morgan fingerprint density at radius 1 is 1.32 bits per heavy atom. The highest BCUT2D eigenvalue weighted by Gasteiger charge is 2.07. The van der Waals surface area contributed by atoms with Crippen LogP contribution in [0.1, 0.15) is 23.0 Å². The van der Waals surface area contributed by atoms with Gasteiger partial charge in [0.15, 0.2) is 5.69 Å². The molecular formula is C13H16N4OS. The van der Waals surface area contributed by atoms with Gasteiger partial charge in [0.1, 0.15) is 5.82 Å². The molecule has 2 rings (SSSR count). The molecular weight excluding hydrogens is 260 g/mol. The lowest BCUT2D eigenvalue weighted by Crippen LogP contribution is -2.26. The first-order chi connectivity index (χ1) is 9.29. The first kappa shape index (κ1) is 13.5. The predicted octanol–water partition coefficient (Wildman–Crippen LogP) is 1.94. The summed E-state index contributed by atoms with van der Waals surface area (Å²) in [6.45, 7) is 3.36. The zero-order valence-electron chi connectivity index (χ0n) is 10.7. The van der Waals surface area contributed by atoms with Gasteiger partial charge in [-0.2, -0.15) is 11.3 Å². The van der Waals surface area contributed by atoms with Crippen LogP contribution in [0.2, 0.25) is 0 Å². The number of hydrogen-bond acceptors (Lipinski definition) is 5. The fraction of sp³-hybridized carbons (Fsp3) is 0.308. The van der Waals surface area contributed by atoms with Crippen molar-refractivity contribution in [1.29, 1.82) is 0 Å². The van der Waals surface area contributed by atoms with Crippen LogP contribution in [0.25, 0.3) is 0 Å². The Balaban J connectivity index is 1.82. The minimum absolute atomic E-state index is 0.189. The van der Waals surface area contributed by atoms with E-state index in [1.165, 1.54) is 5.56 Å². The molecule has 2 aromatic heterocycles. The molecule has 19 heavy (non-hydrogen) atoms. The standard InChI is InChI=1S/C13H16N4OS/c1-2-14-12-4-3-11(16-17-12)13(18)15-7-5-10-6-8-19-9-10/h3-4,6,8-9H,2,5,7H2,1H3,(H,14,17)(H,15,18). The summed E-state index contributed by atoms with van der Waals surface area (Å²) >= 11 is 1.66. The van der Waals surface area contributed by atoms with Crippen LogP contribution in [0.4, 0.5) is 5.82 Å². The first-order valence-electron chi connectivity index (χ1n) is 6.16. The molecule has 5 nitrogen and oxygen atoms in total. The molecule has 0 bridgehead atoms. The Hall–Kier alpha value is -1.95. The van der Waals surface area contributed by atoms with Crippen molar-refractivity contribution in [2.24, 2.45) is 0 Å². The summed E-state index contributed by atoms with van der Waals surface area (Å²) in [4.78, 5) is 11.8. The van der Waals surface area contributed by atoms with Crippen LogP contribution >= 0.6 is 11.3 Å². The van der Waals surface area contributed by atoms with Crippen LogP contribution in [0.3, 0.4) is 0 Å². The van der Waals surface area contributed by atoms with E-state index in [0.29, 0.717) is 18.1 Å². The first-order valence-corrected chi connectivity index (χ1v) is 7.10. The maximum Gasteiger partial charge on any atom is 0.271 e. The van der Waals surface area contributed by atoms with E-state index >= 15 is 0 Å². The molecule has 0 atom stereocenters. The number of hydrogen-bond donors (Lipinski definition) is 2. The third-order valence-electron chi connectivity index (χ3n) is 2.53. The van der Waals surface area contributed by atoms with Gasteiger partial charge < -0.3 is 10.6 Å². The number of aromatic nitrogens is 2. The van der Waals surface area contributed by atoms with E-state index < -0.39 is 0 Å². The van der Waals surface area contributed by atoms with Crippen molar-refractivity contribution in [2.45, 2.75) is 13.3 Å². The lowest BCUT2D eigenvalue weighted by molar-refractivity contribution is 0.0948. The molecule has 0 unspecified atom stereocenters. The van der Waals surface area contributed by atoms with Crippen LogP contribution < -0.4 is 10.6 Å². The quantitative estimate of drug-likeness (QED) is 0.846. The van der Waals surface area contributed by atoms with E-state index in [0.717, 1.165) is 13.0 Å². The highest BCUT2D eigenvalue weighted by atomic mass is 32.1. The maximum atomic E-state index is 11.8. The molecule has 0 aromatic carbocycles. The molecule has 1 amide bonds. The molecule has 0 spiro atoms. The van der Waals surface area contributed by atoms with Crippen molar-refractivity contribution in [3.63, 3.8) is 0 Å². The lowest BCUT2D eigenvalue weighted by Gasteiger charge is -2.04. The SMILES string of the molecule is CCNc1ccc(C(=O)NCCc2ccsc2)nn1. The Bertz CT molecular complexity index is 510. The van der Waals surface area contributed by atoms with Gasteiger partial charge in [0.05, 0.1) is 0 Å². The minimum Gasteiger partial charge on any atom is -0.369 e. The third kappa shape index (κ3) is 4.03. The van der Waals surface area contributed by atoms with E-state index in [2.05, 4.69) is 32.3 Å². The third-order valence-corrected chi connectivity index (χ3v) is 3.27. The molecule has 2 heterocycles. The second kappa shape index (κ2) is 6.84. The van der Waals surface area contributed by atoms with Crippen molar-refractivity contribution in [1.82, 2.24) is 15.5 Å². The molecule has 0 fully saturated rings. The van der Waals surface area contributed by atoms with Crippen molar-refractivity contribution < 1.29 is 4.79 Å². The molecule has 0 aliphatic rings. The average molecular weight is 276 g/mol. The number of amides is 1. The monoisotopic (exact) mass is 276 g/mol. The minimum atomic E-state index is -0.189. The van der Waals surface area contributed by atoms with Crippen molar-refractivity contribution in [3.05, 3.63) is 40.2 Å². The van der Waals surface area contributed by atoms with Crippen LogP contribution in [0.15, 0.2) is 29.0 Å². The van der Waals surface area contributed by atoms with Gasteiger partial charge in [0.2, 0.25) is 0 Å². The molecule has 2 aromatic rings. The number of nitrogens with one attached hydrogen (secondary N) is 2. The highest BCUT2D eigenvalue weighted by molar-refractivity contribution is 7.07. The number of anilines is 1. The summed E-state index contributed by atoms with van der Waals surface area (Å²) in [5, 5.41) is 17.8. The van der Waals surface area contributed by atoms with E-state index in [4.69, 9.17) is 0 Å². The van der Waals surface area contributed by atoms with Crippen molar-refractivity contribution >= 4 is 23.1 Å². The van der Waals surface area contributed by atoms with Gasteiger partial charge in [-0.05, 0) is 47.9 Å². The van der Waals surface area contributed by atoms with Crippen LogP contribution in [-0.4, -0.2) is 29.2 Å². The van der Waals surface area contributed by atoms with Crippen LogP contribution in [-0.2, 0) is 6.42 Å². The Morgan fingerprint density at radius 2 is 2.21 bits per heavy atom. The molecule has 0 aliphatic carbocycles. The fourth-order valence-electron chi connectivity index (χ4n) is 1.57. The maximum absolute atomic E-state index is 11.8. The van der Waals surface area contributed by atoms with Gasteiger partial charge >= 0.3 is 0 Å². The zero-order chi connectivity index (χ0) is 13.5. The van der Waals surface area contributed by atoms with E-state index in [9.17, 15) is 4.79 Å².